The van der Waals surface area contributed by atoms with Crippen molar-refractivity contribution in [3.05, 3.63) is 74.6 Å². The van der Waals surface area contributed by atoms with Gasteiger partial charge >= 0.3 is 0 Å². The molecule has 116 valence electrons. The molecule has 0 saturated carbocycles. The van der Waals surface area contributed by atoms with Crippen molar-refractivity contribution in [1.82, 2.24) is 4.98 Å². The summed E-state index contributed by atoms with van der Waals surface area (Å²) < 4.78 is 14.7. The monoisotopic (exact) mass is 392 g/mol. The number of primary amides is 1. The molecule has 0 atom stereocenters. The average molecular weight is 394 g/mol. The minimum absolute atomic E-state index is 0.210. The van der Waals surface area contributed by atoms with Crippen molar-refractivity contribution < 1.29 is 9.18 Å². The maximum atomic E-state index is 14.1. The van der Waals surface area contributed by atoms with E-state index in [-0.39, 0.29) is 11.1 Å². The Bertz CT molecular complexity index is 913. The van der Waals surface area contributed by atoms with Gasteiger partial charge in [0.25, 0.3) is 5.91 Å². The van der Waals surface area contributed by atoms with Crippen molar-refractivity contribution >= 4 is 44.3 Å². The van der Waals surface area contributed by atoms with E-state index in [4.69, 9.17) is 17.3 Å². The van der Waals surface area contributed by atoms with Crippen LogP contribution in [0.2, 0.25) is 5.02 Å². The zero-order valence-electron chi connectivity index (χ0n) is 11.8. The van der Waals surface area contributed by atoms with Crippen LogP contribution in [-0.2, 0) is 6.42 Å². The molecule has 0 aliphatic carbocycles. The van der Waals surface area contributed by atoms with Crippen LogP contribution in [0.5, 0.6) is 0 Å². The molecule has 2 aromatic carbocycles. The van der Waals surface area contributed by atoms with Crippen molar-refractivity contribution in [2.24, 2.45) is 5.73 Å². The Morgan fingerprint density at radius 2 is 1.91 bits per heavy atom. The Morgan fingerprint density at radius 3 is 2.57 bits per heavy atom. The topological polar surface area (TPSA) is 56.0 Å². The Balaban J connectivity index is 2.15. The summed E-state index contributed by atoms with van der Waals surface area (Å²) in [6.45, 7) is 0. The van der Waals surface area contributed by atoms with Gasteiger partial charge < -0.3 is 5.73 Å². The molecule has 1 heterocycles. The van der Waals surface area contributed by atoms with Crippen LogP contribution in [0, 0.1) is 5.82 Å². The van der Waals surface area contributed by atoms with Crippen molar-refractivity contribution in [3.63, 3.8) is 0 Å². The maximum Gasteiger partial charge on any atom is 0.250 e. The van der Waals surface area contributed by atoms with Gasteiger partial charge in [0.05, 0.1) is 11.3 Å². The quantitative estimate of drug-likeness (QED) is 0.713. The second-order valence-electron chi connectivity index (χ2n) is 5.11. The molecule has 3 nitrogen and oxygen atoms in total. The number of pyridine rings is 1. The molecule has 0 fully saturated rings. The third-order valence-electron chi connectivity index (χ3n) is 3.47. The summed E-state index contributed by atoms with van der Waals surface area (Å²) in [6, 6.07) is 11.8. The molecular formula is C17H11BrClFN2O. The predicted molar refractivity (Wildman–Crippen MR) is 92.2 cm³/mol. The normalized spacial score (nSPS) is 10.9. The van der Waals surface area contributed by atoms with Gasteiger partial charge in [0, 0.05) is 21.3 Å². The Hall–Kier alpha value is -1.98. The van der Waals surface area contributed by atoms with Crippen LogP contribution in [0.1, 0.15) is 21.6 Å². The third kappa shape index (κ3) is 3.35. The van der Waals surface area contributed by atoms with Gasteiger partial charge in [0.15, 0.2) is 5.82 Å². The SMILES string of the molecule is NC(=O)c1cc2cc(Br)cc(F)c2nc1Cc1ccc(Cl)cc1. The number of halogens is 3. The number of hydrogen-bond donors (Lipinski definition) is 1. The van der Waals surface area contributed by atoms with Gasteiger partial charge in [-0.15, -0.1) is 0 Å². The van der Waals surface area contributed by atoms with Gasteiger partial charge in [-0.25, -0.2) is 9.37 Å². The Labute approximate surface area is 145 Å². The maximum absolute atomic E-state index is 14.1. The summed E-state index contributed by atoms with van der Waals surface area (Å²) in [5.74, 6) is -1.05. The number of nitrogens with two attached hydrogens (primary N) is 1. The first-order valence-electron chi connectivity index (χ1n) is 6.77. The van der Waals surface area contributed by atoms with E-state index in [0.29, 0.717) is 27.0 Å². The zero-order chi connectivity index (χ0) is 16.6. The highest BCUT2D eigenvalue weighted by molar-refractivity contribution is 9.10. The molecule has 0 unspecified atom stereocenters. The van der Waals surface area contributed by atoms with E-state index in [1.54, 1.807) is 24.3 Å². The second-order valence-corrected chi connectivity index (χ2v) is 6.46. The van der Waals surface area contributed by atoms with E-state index in [2.05, 4.69) is 20.9 Å². The van der Waals surface area contributed by atoms with Gasteiger partial charge in [-0.2, -0.15) is 0 Å². The van der Waals surface area contributed by atoms with Gasteiger partial charge in [-0.1, -0.05) is 39.7 Å². The molecular weight excluding hydrogens is 383 g/mol. The van der Waals surface area contributed by atoms with Crippen LogP contribution >= 0.6 is 27.5 Å². The van der Waals surface area contributed by atoms with Gasteiger partial charge in [-0.3, -0.25) is 4.79 Å². The van der Waals surface area contributed by atoms with Crippen LogP contribution in [0.15, 0.2) is 46.9 Å². The first-order valence-corrected chi connectivity index (χ1v) is 7.94. The zero-order valence-corrected chi connectivity index (χ0v) is 14.2. The summed E-state index contributed by atoms with van der Waals surface area (Å²) in [5, 5.41) is 1.14. The number of fused-ring (bicyclic) bond motifs is 1. The van der Waals surface area contributed by atoms with Crippen molar-refractivity contribution in [3.8, 4) is 0 Å². The summed E-state index contributed by atoms with van der Waals surface area (Å²) in [6.07, 6.45) is 0.362. The van der Waals surface area contributed by atoms with E-state index in [1.807, 2.05) is 12.1 Å². The molecule has 0 saturated heterocycles. The molecule has 1 aromatic heterocycles. The Morgan fingerprint density at radius 1 is 1.22 bits per heavy atom. The van der Waals surface area contributed by atoms with Gasteiger partial charge in [0.1, 0.15) is 5.52 Å². The van der Waals surface area contributed by atoms with E-state index < -0.39 is 11.7 Å². The predicted octanol–water partition coefficient (Wildman–Crippen LogP) is 4.48. The molecule has 0 aliphatic heterocycles. The van der Waals surface area contributed by atoms with Crippen LogP contribution in [0.25, 0.3) is 10.9 Å². The molecule has 0 spiro atoms. The number of carbonyl (C=O) groups excluding carboxylic acids is 1. The lowest BCUT2D eigenvalue weighted by Crippen LogP contribution is -2.15. The minimum atomic E-state index is -0.594. The lowest BCUT2D eigenvalue weighted by molar-refractivity contribution is 0.0999. The fourth-order valence-corrected chi connectivity index (χ4v) is 2.97. The van der Waals surface area contributed by atoms with Gasteiger partial charge in [-0.05, 0) is 35.9 Å². The Kier molecular flexibility index (Phi) is 4.33. The molecule has 0 radical (unpaired) electrons. The van der Waals surface area contributed by atoms with E-state index in [0.717, 1.165) is 5.56 Å². The van der Waals surface area contributed by atoms with Crippen LogP contribution in [-0.4, -0.2) is 10.9 Å². The fourth-order valence-electron chi connectivity index (χ4n) is 2.39. The largest absolute Gasteiger partial charge is 0.366 e. The first kappa shape index (κ1) is 15.9. The van der Waals surface area contributed by atoms with Gasteiger partial charge in [0.2, 0.25) is 0 Å². The molecule has 3 rings (SSSR count). The number of hydrogen-bond acceptors (Lipinski definition) is 2. The summed E-state index contributed by atoms with van der Waals surface area (Å²) in [7, 11) is 0. The average Bonchev–Trinajstić information content (AvgIpc) is 2.49. The van der Waals surface area contributed by atoms with Crippen molar-refractivity contribution in [2.75, 3.05) is 0 Å². The first-order chi connectivity index (χ1) is 10.9. The van der Waals surface area contributed by atoms with E-state index in [1.165, 1.54) is 6.07 Å². The minimum Gasteiger partial charge on any atom is -0.366 e. The molecule has 3 aromatic rings. The molecule has 0 aliphatic rings. The van der Waals surface area contributed by atoms with E-state index in [9.17, 15) is 9.18 Å². The highest BCUT2D eigenvalue weighted by Crippen LogP contribution is 2.25. The van der Waals surface area contributed by atoms with Crippen molar-refractivity contribution in [1.29, 1.82) is 0 Å². The van der Waals surface area contributed by atoms with E-state index >= 15 is 0 Å². The summed E-state index contributed by atoms with van der Waals surface area (Å²) in [5.41, 5.74) is 7.29. The molecule has 23 heavy (non-hydrogen) atoms. The molecule has 0 bridgehead atoms. The summed E-state index contributed by atoms with van der Waals surface area (Å²) >= 11 is 9.09. The van der Waals surface area contributed by atoms with Crippen LogP contribution in [0.4, 0.5) is 4.39 Å². The lowest BCUT2D eigenvalue weighted by atomic mass is 10.0. The number of amides is 1. The highest BCUT2D eigenvalue weighted by atomic mass is 79.9. The second kappa shape index (κ2) is 6.26. The summed E-state index contributed by atoms with van der Waals surface area (Å²) in [4.78, 5) is 16.1. The standard InChI is InChI=1S/C17H11BrClFN2O/c18-11-6-10-7-13(17(21)23)15(22-16(10)14(20)8-11)5-9-1-3-12(19)4-2-9/h1-4,6-8H,5H2,(H2,21,23). The molecule has 2 N–H and O–H groups in total. The molecule has 1 amide bonds. The van der Waals surface area contributed by atoms with Crippen LogP contribution in [0.3, 0.4) is 0 Å². The fraction of sp³-hybridized carbons (Fsp3) is 0.0588. The number of rotatable bonds is 3. The molecule has 6 heteroatoms. The van der Waals surface area contributed by atoms with Crippen molar-refractivity contribution in [2.45, 2.75) is 6.42 Å². The lowest BCUT2D eigenvalue weighted by Gasteiger charge is -2.10. The van der Waals surface area contributed by atoms with Crippen LogP contribution < -0.4 is 5.73 Å². The third-order valence-corrected chi connectivity index (χ3v) is 4.18. The highest BCUT2D eigenvalue weighted by Gasteiger charge is 2.15. The number of benzene rings is 2. The smallest absolute Gasteiger partial charge is 0.250 e. The number of nitrogens with zero attached hydrogens (tertiary/aromatic N) is 1. The number of aromatic nitrogens is 1. The number of carbonyl (C=O) groups is 1.